The summed E-state index contributed by atoms with van der Waals surface area (Å²) in [5.41, 5.74) is 5.07. The zero-order chi connectivity index (χ0) is 15.1. The van der Waals surface area contributed by atoms with Crippen LogP contribution in [0.25, 0.3) is 0 Å². The standard InChI is InChI=1S/C12H13N3O2S4/c13-10(17)7-20-12-15-14-11(21-12)19-6-1-3-8(16)9-4-2-5-18-9/h2,4-5H,1,3,6-7H2,(H2,13,17). The van der Waals surface area contributed by atoms with Crippen LogP contribution >= 0.6 is 46.2 Å². The molecule has 0 aliphatic rings. The number of hydrogen-bond acceptors (Lipinski definition) is 8. The van der Waals surface area contributed by atoms with Crippen LogP contribution in [0.3, 0.4) is 0 Å². The first-order valence-electron chi connectivity index (χ1n) is 6.09. The van der Waals surface area contributed by atoms with E-state index >= 15 is 0 Å². The summed E-state index contributed by atoms with van der Waals surface area (Å²) in [7, 11) is 0. The van der Waals surface area contributed by atoms with Crippen molar-refractivity contribution in [2.24, 2.45) is 5.73 Å². The van der Waals surface area contributed by atoms with Crippen molar-refractivity contribution in [2.45, 2.75) is 21.5 Å². The number of aromatic nitrogens is 2. The maximum Gasteiger partial charge on any atom is 0.227 e. The van der Waals surface area contributed by atoms with Gasteiger partial charge in [0, 0.05) is 12.2 Å². The Morgan fingerprint density at radius 1 is 1.24 bits per heavy atom. The summed E-state index contributed by atoms with van der Waals surface area (Å²) in [4.78, 5) is 23.3. The fourth-order valence-electron chi connectivity index (χ4n) is 1.40. The van der Waals surface area contributed by atoms with Gasteiger partial charge in [-0.25, -0.2) is 0 Å². The highest BCUT2D eigenvalue weighted by Gasteiger charge is 2.09. The number of thiophene rings is 1. The first-order chi connectivity index (χ1) is 10.1. The van der Waals surface area contributed by atoms with E-state index in [9.17, 15) is 9.59 Å². The second kappa shape index (κ2) is 8.52. The number of carbonyl (C=O) groups is 2. The number of nitrogens with two attached hydrogens (primary N) is 1. The van der Waals surface area contributed by atoms with Crippen molar-refractivity contribution < 1.29 is 9.59 Å². The molecule has 0 aromatic carbocycles. The van der Waals surface area contributed by atoms with Crippen molar-refractivity contribution in [3.63, 3.8) is 0 Å². The van der Waals surface area contributed by atoms with Crippen LogP contribution in [0.2, 0.25) is 0 Å². The third kappa shape index (κ3) is 5.77. The molecule has 0 spiro atoms. The van der Waals surface area contributed by atoms with Gasteiger partial charge in [0.05, 0.1) is 10.6 Å². The minimum Gasteiger partial charge on any atom is -0.369 e. The number of hydrogen-bond donors (Lipinski definition) is 1. The average Bonchev–Trinajstić information content (AvgIpc) is 3.12. The second-order valence-electron chi connectivity index (χ2n) is 3.94. The molecule has 0 aliphatic carbocycles. The highest BCUT2D eigenvalue weighted by molar-refractivity contribution is 8.03. The van der Waals surface area contributed by atoms with Crippen LogP contribution in [0.5, 0.6) is 0 Å². The molecule has 2 N–H and O–H groups in total. The van der Waals surface area contributed by atoms with Crippen LogP contribution in [-0.4, -0.2) is 33.4 Å². The molecule has 2 rings (SSSR count). The summed E-state index contributed by atoms with van der Waals surface area (Å²) in [5, 5.41) is 9.93. The van der Waals surface area contributed by atoms with E-state index in [2.05, 4.69) is 10.2 Å². The quantitative estimate of drug-likeness (QED) is 0.421. The fourth-order valence-corrected chi connectivity index (χ4v) is 4.86. The van der Waals surface area contributed by atoms with E-state index in [1.54, 1.807) is 11.8 Å². The summed E-state index contributed by atoms with van der Waals surface area (Å²) in [6.07, 6.45) is 1.36. The lowest BCUT2D eigenvalue weighted by atomic mass is 10.2. The predicted molar refractivity (Wildman–Crippen MR) is 88.4 cm³/mol. The van der Waals surface area contributed by atoms with Crippen molar-refractivity contribution in [3.05, 3.63) is 22.4 Å². The van der Waals surface area contributed by atoms with E-state index in [0.29, 0.717) is 6.42 Å². The number of amides is 1. The van der Waals surface area contributed by atoms with Gasteiger partial charge in [-0.1, -0.05) is 40.9 Å². The van der Waals surface area contributed by atoms with Gasteiger partial charge in [0.15, 0.2) is 14.5 Å². The molecular weight excluding hydrogens is 346 g/mol. The van der Waals surface area contributed by atoms with Gasteiger partial charge in [-0.2, -0.15) is 0 Å². The van der Waals surface area contributed by atoms with Crippen molar-refractivity contribution in [1.29, 1.82) is 0 Å². The Kier molecular flexibility index (Phi) is 6.68. The van der Waals surface area contributed by atoms with Crippen LogP contribution < -0.4 is 5.73 Å². The first-order valence-corrected chi connectivity index (χ1v) is 9.76. The van der Waals surface area contributed by atoms with Gasteiger partial charge >= 0.3 is 0 Å². The molecule has 1 amide bonds. The molecule has 2 aromatic heterocycles. The summed E-state index contributed by atoms with van der Waals surface area (Å²) in [6.45, 7) is 0. The zero-order valence-corrected chi connectivity index (χ0v) is 14.2. The smallest absolute Gasteiger partial charge is 0.227 e. The molecule has 0 fully saturated rings. The van der Waals surface area contributed by atoms with Gasteiger partial charge < -0.3 is 5.73 Å². The number of primary amides is 1. The number of rotatable bonds is 9. The molecule has 21 heavy (non-hydrogen) atoms. The molecule has 0 saturated carbocycles. The molecule has 2 aromatic rings. The lowest BCUT2D eigenvalue weighted by Crippen LogP contribution is -2.12. The predicted octanol–water partition coefficient (Wildman–Crippen LogP) is 2.93. The molecule has 2 heterocycles. The maximum atomic E-state index is 11.8. The molecular formula is C12H13N3O2S4. The normalized spacial score (nSPS) is 10.7. The maximum absolute atomic E-state index is 11.8. The van der Waals surface area contributed by atoms with Gasteiger partial charge in [-0.3, -0.25) is 9.59 Å². The van der Waals surface area contributed by atoms with Crippen molar-refractivity contribution in [3.8, 4) is 0 Å². The summed E-state index contributed by atoms with van der Waals surface area (Å²) in [6, 6.07) is 3.74. The summed E-state index contributed by atoms with van der Waals surface area (Å²) >= 11 is 5.80. The Morgan fingerprint density at radius 3 is 2.67 bits per heavy atom. The van der Waals surface area contributed by atoms with Gasteiger partial charge in [0.1, 0.15) is 0 Å². The molecule has 0 bridgehead atoms. The number of thioether (sulfide) groups is 2. The summed E-state index contributed by atoms with van der Waals surface area (Å²) < 4.78 is 1.59. The minimum atomic E-state index is -0.364. The van der Waals surface area contributed by atoms with Crippen molar-refractivity contribution in [2.75, 3.05) is 11.5 Å². The lowest BCUT2D eigenvalue weighted by molar-refractivity contribution is -0.115. The summed E-state index contributed by atoms with van der Waals surface area (Å²) in [5.74, 6) is 0.873. The molecule has 112 valence electrons. The number of ketones is 1. The van der Waals surface area contributed by atoms with E-state index in [4.69, 9.17) is 5.73 Å². The van der Waals surface area contributed by atoms with E-state index in [-0.39, 0.29) is 17.4 Å². The third-order valence-electron chi connectivity index (χ3n) is 2.30. The third-order valence-corrected chi connectivity index (χ3v) is 6.50. The molecule has 0 unspecified atom stereocenters. The van der Waals surface area contributed by atoms with Crippen molar-refractivity contribution in [1.82, 2.24) is 10.2 Å². The first kappa shape index (κ1) is 16.5. The van der Waals surface area contributed by atoms with Gasteiger partial charge in [-0.15, -0.1) is 21.5 Å². The Hall–Kier alpha value is -0.900. The minimum absolute atomic E-state index is 0.195. The van der Waals surface area contributed by atoms with E-state index in [0.717, 1.165) is 25.7 Å². The number of carbonyl (C=O) groups excluding carboxylic acids is 2. The fraction of sp³-hybridized carbons (Fsp3) is 0.333. The lowest BCUT2D eigenvalue weighted by Gasteiger charge is -1.97. The molecule has 0 saturated heterocycles. The molecule has 0 radical (unpaired) electrons. The van der Waals surface area contributed by atoms with E-state index < -0.39 is 0 Å². The van der Waals surface area contributed by atoms with Crippen LogP contribution in [0.4, 0.5) is 0 Å². The highest BCUT2D eigenvalue weighted by atomic mass is 32.2. The van der Waals surface area contributed by atoms with Crippen LogP contribution in [0.15, 0.2) is 26.2 Å². The van der Waals surface area contributed by atoms with E-state index in [1.807, 2.05) is 17.5 Å². The molecule has 9 heteroatoms. The number of Topliss-reactive ketones (excluding diaryl/α,β-unsaturated/α-hetero) is 1. The van der Waals surface area contributed by atoms with Gasteiger partial charge in [0.2, 0.25) is 5.91 Å². The van der Waals surface area contributed by atoms with Crippen LogP contribution in [-0.2, 0) is 4.79 Å². The van der Waals surface area contributed by atoms with Crippen LogP contribution in [0, 0.1) is 0 Å². The number of nitrogens with zero attached hydrogens (tertiary/aromatic N) is 2. The van der Waals surface area contributed by atoms with Crippen molar-refractivity contribution >= 4 is 57.9 Å². The Bertz CT molecular complexity index is 597. The largest absolute Gasteiger partial charge is 0.369 e. The topological polar surface area (TPSA) is 85.9 Å². The zero-order valence-electron chi connectivity index (χ0n) is 11.0. The SMILES string of the molecule is NC(=O)CSc1nnc(SCCCC(=O)c2cccs2)s1. The van der Waals surface area contributed by atoms with Gasteiger partial charge in [0.25, 0.3) is 0 Å². The average molecular weight is 360 g/mol. The molecule has 0 atom stereocenters. The monoisotopic (exact) mass is 359 g/mol. The van der Waals surface area contributed by atoms with Crippen LogP contribution in [0.1, 0.15) is 22.5 Å². The molecule has 5 nitrogen and oxygen atoms in total. The van der Waals surface area contributed by atoms with E-state index in [1.165, 1.54) is 34.4 Å². The molecule has 0 aliphatic heterocycles. The highest BCUT2D eigenvalue weighted by Crippen LogP contribution is 2.29. The Balaban J connectivity index is 1.67. The Labute approximate surface area is 138 Å². The van der Waals surface area contributed by atoms with Gasteiger partial charge in [-0.05, 0) is 17.9 Å². The second-order valence-corrected chi connectivity index (χ2v) is 8.43. The Morgan fingerprint density at radius 2 is 2.00 bits per heavy atom.